The van der Waals surface area contributed by atoms with Crippen LogP contribution in [0.15, 0.2) is 47.6 Å². The van der Waals surface area contributed by atoms with Crippen LogP contribution < -0.4 is 9.46 Å². The molecular weight excluding hydrogens is 394 g/mol. The number of sulfonamides is 1. The Bertz CT molecular complexity index is 1230. The van der Waals surface area contributed by atoms with Crippen molar-refractivity contribution in [1.82, 2.24) is 14.7 Å². The fourth-order valence-corrected chi connectivity index (χ4v) is 4.40. The molecule has 0 unspecified atom stereocenters. The Morgan fingerprint density at radius 1 is 1.21 bits per heavy atom. The van der Waals surface area contributed by atoms with E-state index in [1.807, 2.05) is 13.8 Å². The number of rotatable bonds is 4. The van der Waals surface area contributed by atoms with Crippen LogP contribution in [0, 0.1) is 0 Å². The van der Waals surface area contributed by atoms with Gasteiger partial charge in [-0.1, -0.05) is 12.1 Å². The predicted octanol–water partition coefficient (Wildman–Crippen LogP) is 2.98. The molecule has 8 nitrogen and oxygen atoms in total. The molecule has 1 aromatic carbocycles. The topological polar surface area (TPSA) is 121 Å². The summed E-state index contributed by atoms with van der Waals surface area (Å²) in [5.41, 5.74) is 2.28. The third-order valence-corrected chi connectivity index (χ3v) is 6.39. The van der Waals surface area contributed by atoms with Gasteiger partial charge in [-0.3, -0.25) is 4.98 Å². The molecule has 0 saturated carbocycles. The molecule has 29 heavy (non-hydrogen) atoms. The number of pyridine rings is 1. The highest BCUT2D eigenvalue weighted by molar-refractivity contribution is 7.89. The van der Waals surface area contributed by atoms with E-state index in [0.29, 0.717) is 28.1 Å². The summed E-state index contributed by atoms with van der Waals surface area (Å²) in [7, 11) is -2.26. The Morgan fingerprint density at radius 3 is 2.52 bits per heavy atom. The van der Waals surface area contributed by atoms with Crippen LogP contribution in [0.25, 0.3) is 22.4 Å². The number of nitrogens with one attached hydrogen (secondary N) is 2. The molecule has 0 spiro atoms. The van der Waals surface area contributed by atoms with Crippen molar-refractivity contribution in [2.75, 3.05) is 7.05 Å². The molecule has 0 amide bonds. The number of carboxylic acids is 1. The largest absolute Gasteiger partial charge is 0.481 e. The number of ether oxygens (including phenoxy) is 1. The number of fused-ring (bicyclic) bond motifs is 3. The van der Waals surface area contributed by atoms with E-state index in [-0.39, 0.29) is 10.6 Å². The molecule has 0 aliphatic carbocycles. The number of benzene rings is 1. The van der Waals surface area contributed by atoms with Gasteiger partial charge in [0.25, 0.3) is 0 Å². The highest BCUT2D eigenvalue weighted by atomic mass is 32.2. The van der Waals surface area contributed by atoms with Crippen LogP contribution in [0.1, 0.15) is 29.9 Å². The molecule has 1 aliphatic heterocycles. The van der Waals surface area contributed by atoms with Gasteiger partial charge in [-0.05, 0) is 44.7 Å². The van der Waals surface area contributed by atoms with E-state index in [4.69, 9.17) is 4.74 Å². The number of aromatic carboxylic acids is 1. The number of H-pyrrole nitrogens is 1. The highest BCUT2D eigenvalue weighted by Crippen LogP contribution is 2.49. The van der Waals surface area contributed by atoms with Gasteiger partial charge in [0.2, 0.25) is 10.0 Å². The van der Waals surface area contributed by atoms with Crippen LogP contribution in [-0.4, -0.2) is 36.5 Å². The van der Waals surface area contributed by atoms with Gasteiger partial charge < -0.3 is 14.8 Å². The number of hydrogen-bond acceptors (Lipinski definition) is 5. The Balaban J connectivity index is 1.99. The van der Waals surface area contributed by atoms with Crippen LogP contribution in [0.4, 0.5) is 0 Å². The second-order valence-electron chi connectivity index (χ2n) is 7.15. The smallest absolute Gasteiger partial charge is 0.352 e. The molecule has 0 bridgehead atoms. The van der Waals surface area contributed by atoms with E-state index in [0.717, 1.165) is 5.56 Å². The molecule has 150 valence electrons. The molecular formula is C20H19N3O5S. The maximum Gasteiger partial charge on any atom is 0.352 e. The zero-order valence-corrected chi connectivity index (χ0v) is 16.8. The van der Waals surface area contributed by atoms with Gasteiger partial charge in [-0.15, -0.1) is 0 Å². The summed E-state index contributed by atoms with van der Waals surface area (Å²) in [4.78, 5) is 19.2. The van der Waals surface area contributed by atoms with Crippen molar-refractivity contribution in [1.29, 1.82) is 0 Å². The SMILES string of the molecule is CNS(=O)(=O)c1ccc(-c2c(C(=O)O)[nH]c3c2C(C)(C)Oc2cnccc2-3)cc1. The molecule has 0 saturated heterocycles. The zero-order chi connectivity index (χ0) is 21.0. The Kier molecular flexibility index (Phi) is 4.25. The van der Waals surface area contributed by atoms with E-state index >= 15 is 0 Å². The van der Waals surface area contributed by atoms with E-state index in [9.17, 15) is 18.3 Å². The van der Waals surface area contributed by atoms with Crippen molar-refractivity contribution < 1.29 is 23.1 Å². The summed E-state index contributed by atoms with van der Waals surface area (Å²) in [6.07, 6.45) is 3.21. The first-order chi connectivity index (χ1) is 13.7. The third-order valence-electron chi connectivity index (χ3n) is 4.96. The van der Waals surface area contributed by atoms with Crippen molar-refractivity contribution in [2.45, 2.75) is 24.3 Å². The molecule has 4 rings (SSSR count). The maximum atomic E-state index is 12.0. The van der Waals surface area contributed by atoms with Crippen LogP contribution in [0.2, 0.25) is 0 Å². The number of hydrogen-bond donors (Lipinski definition) is 3. The lowest BCUT2D eigenvalue weighted by Gasteiger charge is -2.33. The summed E-state index contributed by atoms with van der Waals surface area (Å²) in [5, 5.41) is 9.83. The Morgan fingerprint density at radius 2 is 1.90 bits per heavy atom. The van der Waals surface area contributed by atoms with E-state index < -0.39 is 21.6 Å². The molecule has 1 aliphatic rings. The average molecular weight is 413 g/mol. The van der Waals surface area contributed by atoms with Crippen molar-refractivity contribution >= 4 is 16.0 Å². The number of nitrogens with zero attached hydrogens (tertiary/aromatic N) is 1. The lowest BCUT2D eigenvalue weighted by Crippen LogP contribution is -2.29. The Hall–Kier alpha value is -3.17. The zero-order valence-electron chi connectivity index (χ0n) is 16.0. The summed E-state index contributed by atoms with van der Waals surface area (Å²) < 4.78 is 32.4. The molecule has 0 radical (unpaired) electrons. The van der Waals surface area contributed by atoms with Crippen LogP contribution >= 0.6 is 0 Å². The second-order valence-corrected chi connectivity index (χ2v) is 9.03. The number of carbonyl (C=O) groups is 1. The monoisotopic (exact) mass is 413 g/mol. The van der Waals surface area contributed by atoms with Crippen molar-refractivity contribution in [2.24, 2.45) is 0 Å². The Labute approximate surface area is 167 Å². The van der Waals surface area contributed by atoms with Gasteiger partial charge in [0.15, 0.2) is 0 Å². The van der Waals surface area contributed by atoms with Crippen LogP contribution in [0.5, 0.6) is 5.75 Å². The molecule has 3 N–H and O–H groups in total. The lowest BCUT2D eigenvalue weighted by molar-refractivity contribution is 0.0692. The second kappa shape index (κ2) is 6.43. The van der Waals surface area contributed by atoms with Gasteiger partial charge in [-0.2, -0.15) is 0 Å². The van der Waals surface area contributed by atoms with Crippen molar-refractivity contribution in [3.63, 3.8) is 0 Å². The fraction of sp³-hybridized carbons (Fsp3) is 0.200. The summed E-state index contributed by atoms with van der Waals surface area (Å²) in [6, 6.07) is 7.84. The quantitative estimate of drug-likeness (QED) is 0.605. The van der Waals surface area contributed by atoms with E-state index in [1.54, 1.807) is 30.6 Å². The highest BCUT2D eigenvalue weighted by Gasteiger charge is 2.39. The average Bonchev–Trinajstić information content (AvgIpc) is 3.10. The van der Waals surface area contributed by atoms with Gasteiger partial charge in [0.1, 0.15) is 17.0 Å². The molecule has 3 heterocycles. The number of carboxylic acid groups (broad SMARTS) is 1. The summed E-state index contributed by atoms with van der Waals surface area (Å²) in [6.45, 7) is 3.70. The van der Waals surface area contributed by atoms with Gasteiger partial charge >= 0.3 is 5.97 Å². The first-order valence-electron chi connectivity index (χ1n) is 8.83. The first-order valence-corrected chi connectivity index (χ1v) is 10.3. The van der Waals surface area contributed by atoms with Crippen molar-refractivity contribution in [3.05, 3.63) is 54.0 Å². The molecule has 0 atom stereocenters. The molecule has 2 aromatic heterocycles. The standard InChI is InChI=1S/C20H19N3O5S/c1-20(2)16-15(11-4-6-12(7-5-11)29(26,27)21-3)18(19(24)25)23-17(16)13-8-9-22-10-14(13)28-20/h4-10,21,23H,1-3H3,(H,24,25). The van der Waals surface area contributed by atoms with Gasteiger partial charge in [0.05, 0.1) is 16.8 Å². The predicted molar refractivity (Wildman–Crippen MR) is 106 cm³/mol. The minimum Gasteiger partial charge on any atom is -0.481 e. The molecule has 0 fully saturated rings. The summed E-state index contributed by atoms with van der Waals surface area (Å²) >= 11 is 0. The molecule has 9 heteroatoms. The number of aromatic amines is 1. The normalized spacial score (nSPS) is 14.6. The summed E-state index contributed by atoms with van der Waals surface area (Å²) in [5.74, 6) is -0.557. The van der Waals surface area contributed by atoms with E-state index in [2.05, 4.69) is 14.7 Å². The maximum absolute atomic E-state index is 12.0. The van der Waals surface area contributed by atoms with Crippen LogP contribution in [-0.2, 0) is 15.6 Å². The lowest BCUT2D eigenvalue weighted by atomic mass is 9.86. The van der Waals surface area contributed by atoms with Crippen molar-refractivity contribution in [3.8, 4) is 28.1 Å². The minimum absolute atomic E-state index is 0.0144. The van der Waals surface area contributed by atoms with Crippen LogP contribution in [0.3, 0.4) is 0 Å². The molecule has 3 aromatic rings. The van der Waals surface area contributed by atoms with Gasteiger partial charge in [-0.25, -0.2) is 17.9 Å². The van der Waals surface area contributed by atoms with E-state index in [1.165, 1.54) is 19.2 Å². The number of aromatic nitrogens is 2. The first kappa shape index (κ1) is 19.2. The third kappa shape index (κ3) is 2.99. The van der Waals surface area contributed by atoms with Gasteiger partial charge in [0, 0.05) is 22.9 Å². The minimum atomic E-state index is -3.60. The fourth-order valence-electron chi connectivity index (χ4n) is 3.67.